The molecule has 1 fully saturated rings. The number of sulfonamides is 1. The lowest BCUT2D eigenvalue weighted by Crippen LogP contribution is -2.35. The van der Waals surface area contributed by atoms with Crippen LogP contribution in [0, 0.1) is 0 Å². The average Bonchev–Trinajstić information content (AvgIpc) is 3.17. The maximum atomic E-state index is 12.6. The number of methoxy groups -OCH3 is 1. The highest BCUT2D eigenvalue weighted by Crippen LogP contribution is 2.33. The highest BCUT2D eigenvalue weighted by Gasteiger charge is 2.37. The first-order chi connectivity index (χ1) is 8.96. The van der Waals surface area contributed by atoms with Gasteiger partial charge in [-0.3, -0.25) is 0 Å². The van der Waals surface area contributed by atoms with E-state index in [1.807, 2.05) is 0 Å². The third-order valence-corrected chi connectivity index (χ3v) is 5.68. The van der Waals surface area contributed by atoms with Crippen LogP contribution in [0.1, 0.15) is 12.8 Å². The van der Waals surface area contributed by atoms with Gasteiger partial charge in [0.2, 0.25) is 10.0 Å². The van der Waals surface area contributed by atoms with Crippen LogP contribution in [0.15, 0.2) is 27.6 Å². The molecule has 1 aromatic carbocycles. The van der Waals surface area contributed by atoms with Gasteiger partial charge >= 0.3 is 0 Å². The Bertz CT molecular complexity index is 558. The number of halogens is 1. The first kappa shape index (κ1) is 14.8. The second-order valence-corrected chi connectivity index (χ2v) is 7.27. The van der Waals surface area contributed by atoms with E-state index in [1.165, 1.54) is 10.4 Å². The first-order valence-corrected chi connectivity index (χ1v) is 8.26. The van der Waals surface area contributed by atoms with Crippen molar-refractivity contribution in [3.05, 3.63) is 22.7 Å². The summed E-state index contributed by atoms with van der Waals surface area (Å²) >= 11 is 3.26. The van der Waals surface area contributed by atoms with Gasteiger partial charge in [0.15, 0.2) is 0 Å². The van der Waals surface area contributed by atoms with Crippen molar-refractivity contribution in [2.45, 2.75) is 23.8 Å². The minimum absolute atomic E-state index is 0.108. The predicted molar refractivity (Wildman–Crippen MR) is 77.3 cm³/mol. The monoisotopic (exact) mass is 348 g/mol. The van der Waals surface area contributed by atoms with Crippen molar-refractivity contribution in [3.63, 3.8) is 0 Å². The summed E-state index contributed by atoms with van der Waals surface area (Å²) in [6.45, 7) is 0.775. The fourth-order valence-electron chi connectivity index (χ4n) is 1.85. The number of anilines is 1. The van der Waals surface area contributed by atoms with E-state index in [9.17, 15) is 8.42 Å². The Hall–Kier alpha value is -0.630. The molecule has 2 N–H and O–H groups in total. The number of rotatable bonds is 6. The Morgan fingerprint density at radius 3 is 2.68 bits per heavy atom. The molecule has 7 heteroatoms. The Morgan fingerprint density at radius 2 is 2.16 bits per heavy atom. The smallest absolute Gasteiger partial charge is 0.243 e. The second-order valence-electron chi connectivity index (χ2n) is 4.52. The molecule has 106 valence electrons. The van der Waals surface area contributed by atoms with Gasteiger partial charge in [-0.25, -0.2) is 8.42 Å². The topological polar surface area (TPSA) is 72.6 Å². The number of hydrogen-bond donors (Lipinski definition) is 1. The molecule has 1 aromatic rings. The van der Waals surface area contributed by atoms with Crippen molar-refractivity contribution in [3.8, 4) is 0 Å². The quantitative estimate of drug-likeness (QED) is 0.796. The van der Waals surface area contributed by atoms with Crippen LogP contribution in [0.4, 0.5) is 5.69 Å². The number of ether oxygens (including phenoxy) is 1. The standard InChI is InChI=1S/C12H17BrN2O3S/c1-18-7-6-15(9-2-3-9)19(16,17)10-4-5-12(14)11(13)8-10/h4-5,8-9H,2-3,6-7,14H2,1H3. The largest absolute Gasteiger partial charge is 0.398 e. The number of hydrogen-bond acceptors (Lipinski definition) is 4. The van der Waals surface area contributed by atoms with Gasteiger partial charge in [-0.2, -0.15) is 4.31 Å². The van der Waals surface area contributed by atoms with Crippen LogP contribution < -0.4 is 5.73 Å². The molecule has 0 unspecified atom stereocenters. The molecule has 0 radical (unpaired) electrons. The molecule has 0 amide bonds. The molecule has 19 heavy (non-hydrogen) atoms. The van der Waals surface area contributed by atoms with Gasteiger partial charge < -0.3 is 10.5 Å². The zero-order valence-corrected chi connectivity index (χ0v) is 13.1. The van der Waals surface area contributed by atoms with E-state index in [4.69, 9.17) is 10.5 Å². The molecule has 5 nitrogen and oxygen atoms in total. The van der Waals surface area contributed by atoms with E-state index in [1.54, 1.807) is 19.2 Å². The van der Waals surface area contributed by atoms with E-state index < -0.39 is 10.0 Å². The van der Waals surface area contributed by atoms with Gasteiger partial charge in [-0.05, 0) is 47.0 Å². The summed E-state index contributed by atoms with van der Waals surface area (Å²) in [5.41, 5.74) is 6.21. The fraction of sp³-hybridized carbons (Fsp3) is 0.500. The summed E-state index contributed by atoms with van der Waals surface area (Å²) in [5.74, 6) is 0. The van der Waals surface area contributed by atoms with Crippen LogP contribution >= 0.6 is 15.9 Å². The molecule has 0 atom stereocenters. The molecular formula is C12H17BrN2O3S. The van der Waals surface area contributed by atoms with Crippen LogP contribution in [0.25, 0.3) is 0 Å². The van der Waals surface area contributed by atoms with Crippen molar-refractivity contribution >= 4 is 31.6 Å². The number of benzene rings is 1. The molecule has 1 saturated carbocycles. The average molecular weight is 349 g/mol. The highest BCUT2D eigenvalue weighted by molar-refractivity contribution is 9.10. The lowest BCUT2D eigenvalue weighted by atomic mass is 10.3. The second kappa shape index (κ2) is 5.78. The van der Waals surface area contributed by atoms with E-state index in [2.05, 4.69) is 15.9 Å². The van der Waals surface area contributed by atoms with E-state index in [0.29, 0.717) is 23.3 Å². The van der Waals surface area contributed by atoms with Gasteiger partial charge in [0.25, 0.3) is 0 Å². The summed E-state index contributed by atoms with van der Waals surface area (Å²) in [6.07, 6.45) is 1.83. The normalized spacial score (nSPS) is 15.9. The van der Waals surface area contributed by atoms with Gasteiger partial charge in [-0.1, -0.05) is 0 Å². The van der Waals surface area contributed by atoms with Crippen molar-refractivity contribution in [1.82, 2.24) is 4.31 Å². The third kappa shape index (κ3) is 3.28. The Morgan fingerprint density at radius 1 is 1.47 bits per heavy atom. The molecule has 2 rings (SSSR count). The van der Waals surface area contributed by atoms with E-state index >= 15 is 0 Å². The Kier molecular flexibility index (Phi) is 4.50. The fourth-order valence-corrected chi connectivity index (χ4v) is 4.07. The van der Waals surface area contributed by atoms with Crippen molar-refractivity contribution < 1.29 is 13.2 Å². The summed E-state index contributed by atoms with van der Waals surface area (Å²) in [4.78, 5) is 0.261. The van der Waals surface area contributed by atoms with Crippen LogP contribution in [0.5, 0.6) is 0 Å². The van der Waals surface area contributed by atoms with E-state index in [0.717, 1.165) is 12.8 Å². The highest BCUT2D eigenvalue weighted by atomic mass is 79.9. The molecule has 0 aliphatic heterocycles. The van der Waals surface area contributed by atoms with E-state index in [-0.39, 0.29) is 10.9 Å². The summed E-state index contributed by atoms with van der Waals surface area (Å²) in [7, 11) is -1.91. The molecular weight excluding hydrogens is 332 g/mol. The molecule has 0 heterocycles. The molecule has 0 spiro atoms. The molecule has 0 saturated heterocycles. The van der Waals surface area contributed by atoms with Crippen molar-refractivity contribution in [2.75, 3.05) is 26.0 Å². The number of nitrogens with zero attached hydrogens (tertiary/aromatic N) is 1. The lowest BCUT2D eigenvalue weighted by Gasteiger charge is -2.21. The summed E-state index contributed by atoms with van der Waals surface area (Å²) in [5, 5.41) is 0. The van der Waals surface area contributed by atoms with Crippen LogP contribution in [-0.2, 0) is 14.8 Å². The Labute approximate surface area is 121 Å². The Balaban J connectivity index is 2.30. The van der Waals surface area contributed by atoms with Gasteiger partial charge in [0, 0.05) is 29.9 Å². The van der Waals surface area contributed by atoms with Gasteiger partial charge in [0.1, 0.15) is 0 Å². The third-order valence-electron chi connectivity index (χ3n) is 3.05. The summed E-state index contributed by atoms with van der Waals surface area (Å²) in [6, 6.07) is 4.79. The van der Waals surface area contributed by atoms with Crippen molar-refractivity contribution in [1.29, 1.82) is 0 Å². The molecule has 0 bridgehead atoms. The maximum Gasteiger partial charge on any atom is 0.243 e. The van der Waals surface area contributed by atoms with Gasteiger partial charge in [-0.15, -0.1) is 0 Å². The first-order valence-electron chi connectivity index (χ1n) is 6.02. The zero-order valence-electron chi connectivity index (χ0n) is 10.7. The van der Waals surface area contributed by atoms with Crippen LogP contribution in [0.3, 0.4) is 0 Å². The minimum Gasteiger partial charge on any atom is -0.398 e. The van der Waals surface area contributed by atoms with Crippen LogP contribution in [-0.4, -0.2) is 39.0 Å². The zero-order chi connectivity index (χ0) is 14.0. The SMILES string of the molecule is COCCN(C1CC1)S(=O)(=O)c1ccc(N)c(Br)c1. The van der Waals surface area contributed by atoms with Gasteiger partial charge in [0.05, 0.1) is 11.5 Å². The van der Waals surface area contributed by atoms with Crippen LogP contribution in [0.2, 0.25) is 0 Å². The molecule has 1 aliphatic carbocycles. The maximum absolute atomic E-state index is 12.6. The lowest BCUT2D eigenvalue weighted by molar-refractivity contribution is 0.177. The van der Waals surface area contributed by atoms with Crippen molar-refractivity contribution in [2.24, 2.45) is 0 Å². The number of nitrogens with two attached hydrogens (primary N) is 1. The minimum atomic E-state index is -3.48. The summed E-state index contributed by atoms with van der Waals surface area (Å²) < 4.78 is 32.3. The predicted octanol–water partition coefficient (Wildman–Crippen LogP) is 1.83. The molecule has 0 aromatic heterocycles. The number of nitrogen functional groups attached to an aromatic ring is 1. The molecule has 1 aliphatic rings.